The summed E-state index contributed by atoms with van der Waals surface area (Å²) in [7, 11) is 0. The Morgan fingerprint density at radius 2 is 1.83 bits per heavy atom. The fourth-order valence-electron chi connectivity index (χ4n) is 4.37. The molecule has 0 aliphatic carbocycles. The molecular weight excluding hydrogens is 362 g/mol. The number of fused-ring (bicyclic) bond motifs is 1. The van der Waals surface area contributed by atoms with Crippen molar-refractivity contribution < 1.29 is 9.59 Å². The van der Waals surface area contributed by atoms with Gasteiger partial charge in [0.1, 0.15) is 11.6 Å². The van der Waals surface area contributed by atoms with Gasteiger partial charge in [-0.05, 0) is 42.0 Å². The van der Waals surface area contributed by atoms with Gasteiger partial charge in [-0.25, -0.2) is 4.98 Å². The summed E-state index contributed by atoms with van der Waals surface area (Å²) in [5, 5.41) is 0. The Hall–Kier alpha value is -2.69. The van der Waals surface area contributed by atoms with E-state index in [9.17, 15) is 9.59 Å². The van der Waals surface area contributed by atoms with Crippen LogP contribution in [0.25, 0.3) is 0 Å². The summed E-state index contributed by atoms with van der Waals surface area (Å²) < 4.78 is 0. The molecule has 2 aliphatic rings. The number of pyridine rings is 1. The Kier molecular flexibility index (Phi) is 5.65. The van der Waals surface area contributed by atoms with Crippen molar-refractivity contribution in [1.29, 1.82) is 0 Å². The Bertz CT molecular complexity index is 866. The van der Waals surface area contributed by atoms with Crippen LogP contribution in [0.5, 0.6) is 0 Å². The monoisotopic (exact) mass is 391 g/mol. The number of carbonyl (C=O) groups is 2. The highest BCUT2D eigenvalue weighted by Gasteiger charge is 2.29. The average Bonchev–Trinajstić information content (AvgIpc) is 3.17. The second kappa shape index (κ2) is 8.36. The van der Waals surface area contributed by atoms with Crippen molar-refractivity contribution in [2.45, 2.75) is 46.2 Å². The van der Waals surface area contributed by atoms with Crippen LogP contribution in [0.15, 0.2) is 42.6 Å². The Morgan fingerprint density at radius 1 is 1.10 bits per heavy atom. The fraction of sp³-hybridized carbons (Fsp3) is 0.458. The molecular formula is C24H29N3O2. The van der Waals surface area contributed by atoms with Crippen molar-refractivity contribution in [2.75, 3.05) is 18.0 Å². The van der Waals surface area contributed by atoms with E-state index in [1.54, 1.807) is 6.20 Å². The molecule has 1 amide bonds. The van der Waals surface area contributed by atoms with Crippen molar-refractivity contribution >= 4 is 17.5 Å². The van der Waals surface area contributed by atoms with Gasteiger partial charge in [-0.15, -0.1) is 0 Å². The van der Waals surface area contributed by atoms with E-state index in [1.165, 1.54) is 11.1 Å². The van der Waals surface area contributed by atoms with E-state index in [-0.39, 0.29) is 11.8 Å². The maximum Gasteiger partial charge on any atom is 0.255 e. The van der Waals surface area contributed by atoms with Gasteiger partial charge >= 0.3 is 0 Å². The molecule has 5 nitrogen and oxygen atoms in total. The standard InChI is InChI=1S/C24H29N3O2/c1-17(2)12-22(28)21-8-5-11-26(16-21)24(29)18-9-10-23(25-13-18)27-14-19-6-3-4-7-20(19)15-27/h3-4,6-7,9-10,13,17,21H,5,8,11-12,14-16H2,1-2H3/t21-/m1/s1. The molecule has 4 rings (SSSR count). The number of aromatic nitrogens is 1. The summed E-state index contributed by atoms with van der Waals surface area (Å²) in [4.78, 5) is 34.0. The van der Waals surface area contributed by atoms with Crippen LogP contribution in [0.4, 0.5) is 5.82 Å². The molecule has 1 aromatic carbocycles. The SMILES string of the molecule is CC(C)CC(=O)[C@@H]1CCCN(C(=O)c2ccc(N3Cc4ccccc4C3)nc2)C1. The van der Waals surface area contributed by atoms with Crippen LogP contribution in [0.1, 0.15) is 54.6 Å². The van der Waals surface area contributed by atoms with Crippen molar-refractivity contribution in [2.24, 2.45) is 11.8 Å². The molecule has 3 heterocycles. The molecule has 1 saturated heterocycles. The lowest BCUT2D eigenvalue weighted by atomic mass is 9.89. The van der Waals surface area contributed by atoms with Crippen molar-refractivity contribution in [3.8, 4) is 0 Å². The number of hydrogen-bond acceptors (Lipinski definition) is 4. The average molecular weight is 392 g/mol. The molecule has 0 saturated carbocycles. The molecule has 0 radical (unpaired) electrons. The summed E-state index contributed by atoms with van der Waals surface area (Å²) in [5.74, 6) is 1.50. The number of nitrogens with zero attached hydrogens (tertiary/aromatic N) is 3. The van der Waals surface area contributed by atoms with Gasteiger partial charge in [-0.3, -0.25) is 9.59 Å². The third-order valence-electron chi connectivity index (χ3n) is 5.93. The number of anilines is 1. The molecule has 0 spiro atoms. The number of piperidine rings is 1. The Morgan fingerprint density at radius 3 is 2.45 bits per heavy atom. The zero-order chi connectivity index (χ0) is 20.4. The zero-order valence-electron chi connectivity index (χ0n) is 17.3. The molecule has 2 aliphatic heterocycles. The van der Waals surface area contributed by atoms with Crippen LogP contribution in [0, 0.1) is 11.8 Å². The number of hydrogen-bond donors (Lipinski definition) is 0. The van der Waals surface area contributed by atoms with Crippen molar-refractivity contribution in [3.63, 3.8) is 0 Å². The highest BCUT2D eigenvalue weighted by Crippen LogP contribution is 2.27. The highest BCUT2D eigenvalue weighted by molar-refractivity contribution is 5.94. The van der Waals surface area contributed by atoms with Crippen LogP contribution in [-0.2, 0) is 17.9 Å². The Balaban J connectivity index is 1.40. The van der Waals surface area contributed by atoms with Crippen LogP contribution in [0.2, 0.25) is 0 Å². The number of rotatable bonds is 5. The number of ketones is 1. The highest BCUT2D eigenvalue weighted by atomic mass is 16.2. The van der Waals surface area contributed by atoms with E-state index in [2.05, 4.69) is 48.0 Å². The lowest BCUT2D eigenvalue weighted by molar-refractivity contribution is -0.124. The van der Waals surface area contributed by atoms with Gasteiger partial charge in [0.2, 0.25) is 0 Å². The first-order chi connectivity index (χ1) is 14.0. The van der Waals surface area contributed by atoms with Gasteiger partial charge in [0.05, 0.1) is 5.56 Å². The van der Waals surface area contributed by atoms with Gasteiger partial charge in [0, 0.05) is 44.7 Å². The lowest BCUT2D eigenvalue weighted by Crippen LogP contribution is -2.42. The number of benzene rings is 1. The van der Waals surface area contributed by atoms with E-state index >= 15 is 0 Å². The summed E-state index contributed by atoms with van der Waals surface area (Å²) in [6.07, 6.45) is 4.06. The number of Topliss-reactive ketones (excluding diaryl/α,β-unsaturated/α-hetero) is 1. The van der Waals surface area contributed by atoms with Gasteiger partial charge in [-0.1, -0.05) is 38.1 Å². The third-order valence-corrected chi connectivity index (χ3v) is 5.93. The number of carbonyl (C=O) groups excluding carboxylic acids is 2. The van der Waals surface area contributed by atoms with Crippen LogP contribution < -0.4 is 4.90 Å². The lowest BCUT2D eigenvalue weighted by Gasteiger charge is -2.32. The first kappa shape index (κ1) is 19.6. The number of amides is 1. The second-order valence-corrected chi connectivity index (χ2v) is 8.68. The summed E-state index contributed by atoms with van der Waals surface area (Å²) in [6, 6.07) is 12.2. The molecule has 1 atom stereocenters. The predicted octanol–water partition coefficient (Wildman–Crippen LogP) is 4.07. The summed E-state index contributed by atoms with van der Waals surface area (Å²) in [6.45, 7) is 7.08. The largest absolute Gasteiger partial charge is 0.348 e. The number of likely N-dealkylation sites (tertiary alicyclic amines) is 1. The van der Waals surface area contributed by atoms with E-state index in [0.29, 0.717) is 36.8 Å². The van der Waals surface area contributed by atoms with E-state index in [0.717, 1.165) is 31.7 Å². The molecule has 0 bridgehead atoms. The topological polar surface area (TPSA) is 53.5 Å². The molecule has 0 N–H and O–H groups in total. The molecule has 152 valence electrons. The van der Waals surface area contributed by atoms with Gasteiger partial charge in [-0.2, -0.15) is 0 Å². The molecule has 1 aromatic heterocycles. The van der Waals surface area contributed by atoms with Crippen LogP contribution >= 0.6 is 0 Å². The minimum absolute atomic E-state index is 0.0178. The third kappa shape index (κ3) is 4.34. The Labute approximate surface area is 172 Å². The smallest absolute Gasteiger partial charge is 0.255 e. The molecule has 5 heteroatoms. The van der Waals surface area contributed by atoms with Crippen LogP contribution in [-0.4, -0.2) is 34.7 Å². The maximum atomic E-state index is 13.0. The van der Waals surface area contributed by atoms with E-state index < -0.39 is 0 Å². The second-order valence-electron chi connectivity index (χ2n) is 8.68. The predicted molar refractivity (Wildman–Crippen MR) is 114 cm³/mol. The molecule has 2 aromatic rings. The maximum absolute atomic E-state index is 13.0. The molecule has 0 unspecified atom stereocenters. The van der Waals surface area contributed by atoms with Crippen molar-refractivity contribution in [1.82, 2.24) is 9.88 Å². The van der Waals surface area contributed by atoms with Gasteiger partial charge < -0.3 is 9.80 Å². The van der Waals surface area contributed by atoms with Crippen LogP contribution in [0.3, 0.4) is 0 Å². The minimum Gasteiger partial charge on any atom is -0.348 e. The zero-order valence-corrected chi connectivity index (χ0v) is 17.3. The van der Waals surface area contributed by atoms with Crippen molar-refractivity contribution in [3.05, 3.63) is 59.3 Å². The van der Waals surface area contributed by atoms with Gasteiger partial charge in [0.25, 0.3) is 5.91 Å². The summed E-state index contributed by atoms with van der Waals surface area (Å²) >= 11 is 0. The van der Waals surface area contributed by atoms with Gasteiger partial charge in [0.15, 0.2) is 0 Å². The molecule has 29 heavy (non-hydrogen) atoms. The first-order valence-corrected chi connectivity index (χ1v) is 10.6. The summed E-state index contributed by atoms with van der Waals surface area (Å²) in [5.41, 5.74) is 3.27. The first-order valence-electron chi connectivity index (χ1n) is 10.6. The van der Waals surface area contributed by atoms with E-state index in [4.69, 9.17) is 0 Å². The quantitative estimate of drug-likeness (QED) is 0.771. The normalized spacial score (nSPS) is 18.8. The fourth-order valence-corrected chi connectivity index (χ4v) is 4.37. The molecule has 1 fully saturated rings. The van der Waals surface area contributed by atoms with E-state index in [1.807, 2.05) is 17.0 Å². The minimum atomic E-state index is -0.0227.